The molecule has 0 atom stereocenters. The summed E-state index contributed by atoms with van der Waals surface area (Å²) in [4.78, 5) is -0.631. The number of benzene rings is 2. The molecule has 0 spiro atoms. The number of hydrogen-bond donors (Lipinski definition) is 0. The van der Waals surface area contributed by atoms with E-state index in [0.717, 1.165) is 42.8 Å². The normalized spacial score (nSPS) is 12.2. The molecular formula is C14H12F2O5S2. The van der Waals surface area contributed by atoms with Gasteiger partial charge >= 0.3 is 0 Å². The average Bonchev–Trinajstić information content (AvgIpc) is 2.40. The highest BCUT2D eigenvalue weighted by molar-refractivity contribution is 7.91. The second kappa shape index (κ2) is 5.89. The number of hydrogen-bond acceptors (Lipinski definition) is 5. The van der Waals surface area contributed by atoms with Crippen LogP contribution in [-0.2, 0) is 19.7 Å². The van der Waals surface area contributed by atoms with Crippen LogP contribution in [0.2, 0.25) is 0 Å². The molecule has 2 aromatic carbocycles. The summed E-state index contributed by atoms with van der Waals surface area (Å²) in [6, 6.07) is 5.71. The first kappa shape index (κ1) is 17.4. The van der Waals surface area contributed by atoms with Gasteiger partial charge in [-0.25, -0.2) is 25.6 Å². The first-order chi connectivity index (χ1) is 10.5. The van der Waals surface area contributed by atoms with Gasteiger partial charge in [0.2, 0.25) is 0 Å². The molecule has 0 saturated carbocycles. The van der Waals surface area contributed by atoms with Crippen molar-refractivity contribution in [1.29, 1.82) is 0 Å². The van der Waals surface area contributed by atoms with E-state index >= 15 is 0 Å². The van der Waals surface area contributed by atoms with Crippen LogP contribution in [0.4, 0.5) is 8.78 Å². The van der Waals surface area contributed by atoms with E-state index in [9.17, 15) is 25.6 Å². The van der Waals surface area contributed by atoms with Gasteiger partial charge in [0.1, 0.15) is 16.5 Å². The molecule has 0 heterocycles. The molecule has 5 nitrogen and oxygen atoms in total. The minimum absolute atomic E-state index is 0.218. The molecule has 0 bridgehead atoms. The van der Waals surface area contributed by atoms with E-state index in [1.165, 1.54) is 0 Å². The minimum atomic E-state index is -3.84. The topological polar surface area (TPSA) is 77.5 Å². The van der Waals surface area contributed by atoms with Crippen LogP contribution in [0.15, 0.2) is 46.2 Å². The summed E-state index contributed by atoms with van der Waals surface area (Å²) in [5, 5.41) is 0. The molecule has 0 saturated heterocycles. The highest BCUT2D eigenvalue weighted by Crippen LogP contribution is 2.32. The van der Waals surface area contributed by atoms with Crippen molar-refractivity contribution in [3.8, 4) is 11.5 Å². The standard InChI is InChI=1S/C14H12F2O5S2/c1-22(17,18)10-4-6-13(14(8-10)23(2,19)20)21-12-5-3-9(15)7-11(12)16/h3-8H,1-2H3. The lowest BCUT2D eigenvalue weighted by molar-refractivity contribution is 0.427. The molecule has 0 aliphatic carbocycles. The summed E-state index contributed by atoms with van der Waals surface area (Å²) in [5.74, 6) is -2.48. The first-order valence-electron chi connectivity index (χ1n) is 6.15. The van der Waals surface area contributed by atoms with Crippen molar-refractivity contribution < 1.29 is 30.4 Å². The summed E-state index contributed by atoms with van der Waals surface area (Å²) < 4.78 is 78.4. The maximum Gasteiger partial charge on any atom is 0.179 e. The highest BCUT2D eigenvalue weighted by Gasteiger charge is 2.20. The molecule has 0 aromatic heterocycles. The Bertz CT molecular complexity index is 967. The van der Waals surface area contributed by atoms with Crippen LogP contribution in [0, 0.1) is 11.6 Å². The molecule has 0 amide bonds. The van der Waals surface area contributed by atoms with E-state index in [1.54, 1.807) is 0 Å². The van der Waals surface area contributed by atoms with Crippen molar-refractivity contribution in [3.63, 3.8) is 0 Å². The fourth-order valence-electron chi connectivity index (χ4n) is 1.77. The van der Waals surface area contributed by atoms with Gasteiger partial charge in [-0.2, -0.15) is 0 Å². The monoisotopic (exact) mass is 362 g/mol. The maximum atomic E-state index is 13.6. The highest BCUT2D eigenvalue weighted by atomic mass is 32.2. The Hall–Kier alpha value is -2.00. The maximum absolute atomic E-state index is 13.6. The summed E-state index contributed by atoms with van der Waals surface area (Å²) >= 11 is 0. The lowest BCUT2D eigenvalue weighted by Crippen LogP contribution is -2.04. The van der Waals surface area contributed by atoms with E-state index in [2.05, 4.69) is 0 Å². The Morgan fingerprint density at radius 2 is 1.43 bits per heavy atom. The lowest BCUT2D eigenvalue weighted by Gasteiger charge is -2.12. The van der Waals surface area contributed by atoms with Crippen LogP contribution in [0.5, 0.6) is 11.5 Å². The third-order valence-corrected chi connectivity index (χ3v) is 5.08. The van der Waals surface area contributed by atoms with Crippen molar-refractivity contribution in [2.75, 3.05) is 12.5 Å². The van der Waals surface area contributed by atoms with Crippen LogP contribution in [0.1, 0.15) is 0 Å². The number of rotatable bonds is 4. The van der Waals surface area contributed by atoms with Gasteiger partial charge in [0.05, 0.1) is 4.90 Å². The molecule has 0 aliphatic heterocycles. The van der Waals surface area contributed by atoms with Crippen molar-refractivity contribution in [3.05, 3.63) is 48.0 Å². The van der Waals surface area contributed by atoms with E-state index < -0.39 is 36.2 Å². The molecule has 0 radical (unpaired) electrons. The predicted octanol–water partition coefficient (Wildman–Crippen LogP) is 2.56. The van der Waals surface area contributed by atoms with Gasteiger partial charge in [0.25, 0.3) is 0 Å². The summed E-state index contributed by atoms with van der Waals surface area (Å²) in [6.07, 6.45) is 1.79. The second-order valence-electron chi connectivity index (χ2n) is 4.83. The van der Waals surface area contributed by atoms with Gasteiger partial charge in [-0.15, -0.1) is 0 Å². The summed E-state index contributed by atoms with van der Waals surface area (Å²) in [6.45, 7) is 0. The second-order valence-corrected chi connectivity index (χ2v) is 8.83. The quantitative estimate of drug-likeness (QED) is 0.835. The molecule has 0 aliphatic rings. The molecule has 124 valence electrons. The molecule has 2 rings (SSSR count). The van der Waals surface area contributed by atoms with E-state index in [4.69, 9.17) is 4.74 Å². The van der Waals surface area contributed by atoms with E-state index in [-0.39, 0.29) is 16.4 Å². The molecule has 0 unspecified atom stereocenters. The molecule has 9 heteroatoms. The Balaban J connectivity index is 2.58. The zero-order valence-electron chi connectivity index (χ0n) is 12.1. The van der Waals surface area contributed by atoms with Gasteiger partial charge in [0.15, 0.2) is 31.2 Å². The summed E-state index contributed by atoms with van der Waals surface area (Å²) in [5.41, 5.74) is 0. The predicted molar refractivity (Wildman–Crippen MR) is 79.1 cm³/mol. The zero-order valence-corrected chi connectivity index (χ0v) is 13.7. The van der Waals surface area contributed by atoms with Gasteiger partial charge < -0.3 is 4.74 Å². The number of halogens is 2. The molecule has 0 fully saturated rings. The Morgan fingerprint density at radius 3 is 1.96 bits per heavy atom. The number of ether oxygens (including phenoxy) is 1. The van der Waals surface area contributed by atoms with Crippen molar-refractivity contribution in [1.82, 2.24) is 0 Å². The van der Waals surface area contributed by atoms with Gasteiger partial charge in [-0.1, -0.05) is 0 Å². The largest absolute Gasteiger partial charge is 0.453 e. The van der Waals surface area contributed by atoms with Gasteiger partial charge in [-0.3, -0.25) is 0 Å². The van der Waals surface area contributed by atoms with Crippen molar-refractivity contribution in [2.45, 2.75) is 9.79 Å². The summed E-state index contributed by atoms with van der Waals surface area (Å²) in [7, 11) is -7.48. The Morgan fingerprint density at radius 1 is 0.826 bits per heavy atom. The third-order valence-electron chi connectivity index (χ3n) is 2.86. The molecule has 0 N–H and O–H groups in total. The van der Waals surface area contributed by atoms with Gasteiger partial charge in [0, 0.05) is 18.6 Å². The average molecular weight is 362 g/mol. The van der Waals surface area contributed by atoms with Gasteiger partial charge in [-0.05, 0) is 30.3 Å². The zero-order chi connectivity index (χ0) is 17.4. The molecule has 2 aromatic rings. The van der Waals surface area contributed by atoms with Crippen LogP contribution < -0.4 is 4.74 Å². The SMILES string of the molecule is CS(=O)(=O)c1ccc(Oc2ccc(F)cc2F)c(S(C)(=O)=O)c1. The Kier molecular flexibility index (Phi) is 4.45. The minimum Gasteiger partial charge on any atom is -0.453 e. The first-order valence-corrected chi connectivity index (χ1v) is 9.94. The van der Waals surface area contributed by atoms with Crippen LogP contribution >= 0.6 is 0 Å². The fraction of sp³-hybridized carbons (Fsp3) is 0.143. The van der Waals surface area contributed by atoms with Crippen LogP contribution in [0.25, 0.3) is 0 Å². The fourth-order valence-corrected chi connectivity index (χ4v) is 3.31. The third kappa shape index (κ3) is 4.05. The van der Waals surface area contributed by atoms with E-state index in [0.29, 0.717) is 6.07 Å². The van der Waals surface area contributed by atoms with E-state index in [1.807, 2.05) is 0 Å². The smallest absolute Gasteiger partial charge is 0.179 e. The van der Waals surface area contributed by atoms with Crippen LogP contribution in [-0.4, -0.2) is 29.3 Å². The van der Waals surface area contributed by atoms with Crippen molar-refractivity contribution in [2.24, 2.45) is 0 Å². The van der Waals surface area contributed by atoms with Crippen LogP contribution in [0.3, 0.4) is 0 Å². The Labute approximate surface area is 132 Å². The molecule has 23 heavy (non-hydrogen) atoms. The van der Waals surface area contributed by atoms with Crippen molar-refractivity contribution >= 4 is 19.7 Å². The molecular weight excluding hydrogens is 350 g/mol. The number of sulfone groups is 2. The lowest BCUT2D eigenvalue weighted by atomic mass is 10.3.